The van der Waals surface area contributed by atoms with Crippen molar-refractivity contribution in [1.82, 2.24) is 10.9 Å². The van der Waals surface area contributed by atoms with E-state index in [2.05, 4.69) is 21.1 Å². The maximum Gasteiger partial charge on any atom is 0.271 e. The third-order valence-electron chi connectivity index (χ3n) is 6.60. The van der Waals surface area contributed by atoms with Crippen LogP contribution in [0.3, 0.4) is 0 Å². The number of benzene rings is 4. The molecule has 1 aliphatic rings. The van der Waals surface area contributed by atoms with Crippen molar-refractivity contribution in [3.8, 4) is 23.0 Å². The van der Waals surface area contributed by atoms with E-state index in [9.17, 15) is 9.59 Å². The number of hydrazone groups is 2. The Morgan fingerprint density at radius 2 is 0.935 bits per heavy atom. The first-order valence-electron chi connectivity index (χ1n) is 14.2. The van der Waals surface area contributed by atoms with Crippen LogP contribution >= 0.6 is 0 Å². The van der Waals surface area contributed by atoms with Crippen molar-refractivity contribution in [1.29, 1.82) is 0 Å². The van der Waals surface area contributed by atoms with E-state index in [-0.39, 0.29) is 11.8 Å². The van der Waals surface area contributed by atoms with Gasteiger partial charge in [0.1, 0.15) is 23.0 Å². The molecule has 5 rings (SSSR count). The van der Waals surface area contributed by atoms with Gasteiger partial charge in [-0.15, -0.1) is 0 Å². The molecule has 0 aliphatic carbocycles. The number of nitrogens with one attached hydrogen (secondary N) is 2. The standard InChI is InChI=1S/C34H32N4O8/c1-41-27-11-3-23(4-12-27)21-35-37-31(39)25-7-15-29(16-8-25)45-33-34(44-20-19-43-33)46-30-17-9-26(10-18-30)32(40)38-36-22-24-5-13-28(42-2)14-6-24/h3-18,21-22,33-34H,19-20H2,1-2H3,(H,37,39)(H,38,40)/b35-21-,36-22-/t33-,34-/m1/s1. The zero-order valence-corrected chi connectivity index (χ0v) is 25.1. The van der Waals surface area contributed by atoms with Gasteiger partial charge in [0, 0.05) is 11.1 Å². The average molecular weight is 625 g/mol. The van der Waals surface area contributed by atoms with Crippen LogP contribution < -0.4 is 29.8 Å². The summed E-state index contributed by atoms with van der Waals surface area (Å²) in [5, 5.41) is 8.00. The maximum absolute atomic E-state index is 12.5. The van der Waals surface area contributed by atoms with E-state index < -0.39 is 12.6 Å². The molecule has 0 bridgehead atoms. The van der Waals surface area contributed by atoms with Crippen LogP contribution in [-0.2, 0) is 9.47 Å². The summed E-state index contributed by atoms with van der Waals surface area (Å²) in [6.07, 6.45) is 1.32. The Bertz CT molecular complexity index is 1520. The lowest BCUT2D eigenvalue weighted by molar-refractivity contribution is -0.271. The molecule has 1 fully saturated rings. The molecular formula is C34H32N4O8. The number of carbonyl (C=O) groups excluding carboxylic acids is 2. The number of ether oxygens (including phenoxy) is 6. The normalized spacial score (nSPS) is 16.1. The van der Waals surface area contributed by atoms with E-state index in [4.69, 9.17) is 28.4 Å². The van der Waals surface area contributed by atoms with Crippen LogP contribution in [0.2, 0.25) is 0 Å². The summed E-state index contributed by atoms with van der Waals surface area (Å²) in [4.78, 5) is 25.0. The van der Waals surface area contributed by atoms with Crippen molar-refractivity contribution in [2.75, 3.05) is 27.4 Å². The van der Waals surface area contributed by atoms with Crippen molar-refractivity contribution in [3.05, 3.63) is 119 Å². The summed E-state index contributed by atoms with van der Waals surface area (Å²) in [6.45, 7) is 0.626. The van der Waals surface area contributed by atoms with Crippen LogP contribution in [-0.4, -0.2) is 64.3 Å². The topological polar surface area (TPSA) is 138 Å². The largest absolute Gasteiger partial charge is 0.497 e. The van der Waals surface area contributed by atoms with E-state index in [1.54, 1.807) is 87.0 Å². The van der Waals surface area contributed by atoms with E-state index in [0.717, 1.165) is 22.6 Å². The van der Waals surface area contributed by atoms with Crippen molar-refractivity contribution in [2.24, 2.45) is 10.2 Å². The molecule has 1 heterocycles. The van der Waals surface area contributed by atoms with Gasteiger partial charge in [0.2, 0.25) is 0 Å². The summed E-state index contributed by atoms with van der Waals surface area (Å²) >= 11 is 0. The molecule has 12 nitrogen and oxygen atoms in total. The van der Waals surface area contributed by atoms with Gasteiger partial charge < -0.3 is 28.4 Å². The van der Waals surface area contributed by atoms with Crippen molar-refractivity contribution >= 4 is 24.2 Å². The number of hydrogen-bond acceptors (Lipinski definition) is 10. The summed E-state index contributed by atoms with van der Waals surface area (Å²) < 4.78 is 33.7. The molecule has 0 aromatic heterocycles. The van der Waals surface area contributed by atoms with Gasteiger partial charge >= 0.3 is 0 Å². The molecule has 0 spiro atoms. The highest BCUT2D eigenvalue weighted by Crippen LogP contribution is 2.22. The Balaban J connectivity index is 1.11. The van der Waals surface area contributed by atoms with Crippen molar-refractivity contribution < 1.29 is 38.0 Å². The second kappa shape index (κ2) is 15.8. The van der Waals surface area contributed by atoms with Gasteiger partial charge in [-0.2, -0.15) is 10.2 Å². The smallest absolute Gasteiger partial charge is 0.271 e. The van der Waals surface area contributed by atoms with Crippen LogP contribution in [0, 0.1) is 0 Å². The average Bonchev–Trinajstić information content (AvgIpc) is 3.10. The molecule has 0 saturated carbocycles. The van der Waals surface area contributed by atoms with E-state index >= 15 is 0 Å². The summed E-state index contributed by atoms with van der Waals surface area (Å²) in [5.74, 6) is 1.60. The minimum atomic E-state index is -0.877. The molecule has 0 unspecified atom stereocenters. The molecular weight excluding hydrogens is 592 g/mol. The van der Waals surface area contributed by atoms with Gasteiger partial charge in [-0.1, -0.05) is 0 Å². The SMILES string of the molecule is COc1ccc(/C=N\NC(=O)c2ccc(O[C@H]3OCCO[C@@H]3Oc3ccc(C(=O)N/N=C\c4ccc(OC)cc4)cc3)cc2)cc1. The highest BCUT2D eigenvalue weighted by molar-refractivity contribution is 5.95. The number of amides is 2. The maximum atomic E-state index is 12.5. The lowest BCUT2D eigenvalue weighted by Gasteiger charge is -2.31. The molecule has 1 aliphatic heterocycles. The predicted octanol–water partition coefficient (Wildman–Crippen LogP) is 4.39. The first-order valence-corrected chi connectivity index (χ1v) is 14.2. The fourth-order valence-electron chi connectivity index (χ4n) is 4.14. The zero-order valence-electron chi connectivity index (χ0n) is 25.1. The van der Waals surface area contributed by atoms with Crippen molar-refractivity contribution in [2.45, 2.75) is 12.6 Å². The van der Waals surface area contributed by atoms with Gasteiger partial charge in [0.25, 0.3) is 24.4 Å². The molecule has 12 heteroatoms. The molecule has 1 saturated heterocycles. The molecule has 4 aromatic rings. The number of carbonyl (C=O) groups is 2. The Labute approximate surface area is 265 Å². The molecule has 236 valence electrons. The monoisotopic (exact) mass is 624 g/mol. The Morgan fingerprint density at radius 1 is 0.587 bits per heavy atom. The highest BCUT2D eigenvalue weighted by atomic mass is 16.8. The molecule has 2 atom stereocenters. The fourth-order valence-corrected chi connectivity index (χ4v) is 4.14. The molecule has 0 radical (unpaired) electrons. The van der Waals surface area contributed by atoms with E-state index in [1.807, 2.05) is 24.3 Å². The number of rotatable bonds is 12. The Morgan fingerprint density at radius 3 is 1.28 bits per heavy atom. The molecule has 2 amide bonds. The highest BCUT2D eigenvalue weighted by Gasteiger charge is 2.31. The third-order valence-corrected chi connectivity index (χ3v) is 6.60. The first-order chi connectivity index (χ1) is 22.5. The van der Waals surface area contributed by atoms with Gasteiger partial charge in [-0.05, 0) is 108 Å². The van der Waals surface area contributed by atoms with E-state index in [0.29, 0.717) is 35.8 Å². The number of methoxy groups -OCH3 is 2. The quantitative estimate of drug-likeness (QED) is 0.175. The van der Waals surface area contributed by atoms with Gasteiger partial charge in [0.05, 0.1) is 39.9 Å². The van der Waals surface area contributed by atoms with Crippen LogP contribution in [0.4, 0.5) is 0 Å². The summed E-state index contributed by atoms with van der Waals surface area (Å²) in [7, 11) is 3.19. The predicted molar refractivity (Wildman–Crippen MR) is 170 cm³/mol. The van der Waals surface area contributed by atoms with Crippen LogP contribution in [0.5, 0.6) is 23.0 Å². The van der Waals surface area contributed by atoms with Crippen LogP contribution in [0.15, 0.2) is 107 Å². The lowest BCUT2D eigenvalue weighted by atomic mass is 10.2. The van der Waals surface area contributed by atoms with Crippen LogP contribution in [0.1, 0.15) is 31.8 Å². The second-order valence-electron chi connectivity index (χ2n) is 9.71. The van der Waals surface area contributed by atoms with Crippen molar-refractivity contribution in [3.63, 3.8) is 0 Å². The second-order valence-corrected chi connectivity index (χ2v) is 9.71. The van der Waals surface area contributed by atoms with Gasteiger partial charge in [-0.3, -0.25) is 9.59 Å². The summed E-state index contributed by atoms with van der Waals surface area (Å²) in [5.41, 5.74) is 7.40. The molecule has 2 N–H and O–H groups in total. The van der Waals surface area contributed by atoms with Crippen LogP contribution in [0.25, 0.3) is 0 Å². The zero-order chi connectivity index (χ0) is 32.1. The fraction of sp³-hybridized carbons (Fsp3) is 0.176. The van der Waals surface area contributed by atoms with Gasteiger partial charge in [0.15, 0.2) is 0 Å². The Kier molecular flexibility index (Phi) is 10.9. The minimum absolute atomic E-state index is 0.313. The minimum Gasteiger partial charge on any atom is -0.497 e. The van der Waals surface area contributed by atoms with E-state index in [1.165, 1.54) is 12.4 Å². The molecule has 46 heavy (non-hydrogen) atoms. The third kappa shape index (κ3) is 8.91. The molecule has 4 aromatic carbocycles. The number of nitrogens with zero attached hydrogens (tertiary/aromatic N) is 2. The van der Waals surface area contributed by atoms with Gasteiger partial charge in [-0.25, -0.2) is 10.9 Å². The lowest BCUT2D eigenvalue weighted by Crippen LogP contribution is -2.45. The number of hydrogen-bond donors (Lipinski definition) is 2. The first kappa shape index (κ1) is 31.7. The summed E-state index contributed by atoms with van der Waals surface area (Å²) in [6, 6.07) is 27.5. The Hall–Kier alpha value is -5.72.